The molecule has 0 bridgehead atoms. The van der Waals surface area contributed by atoms with Gasteiger partial charge in [0.1, 0.15) is 23.2 Å². The van der Waals surface area contributed by atoms with E-state index in [1.807, 2.05) is 36.4 Å². The van der Waals surface area contributed by atoms with Crippen LogP contribution in [0, 0.1) is 21.4 Å². The third kappa shape index (κ3) is 4.97. The molecule has 0 saturated heterocycles. The molecule has 0 unspecified atom stereocenters. The van der Waals surface area contributed by atoms with Crippen LogP contribution in [0.4, 0.5) is 5.69 Å². The van der Waals surface area contributed by atoms with Crippen LogP contribution in [0.15, 0.2) is 75.1 Å². The summed E-state index contributed by atoms with van der Waals surface area (Å²) in [6.45, 7) is 0.303. The molecule has 1 aromatic heterocycles. The number of carbonyl (C=O) groups excluding carboxylic acids is 1. The number of nitro benzene ring substituents is 1. The topological polar surface area (TPSA) is 109 Å². The number of rotatable bonds is 6. The van der Waals surface area contributed by atoms with Gasteiger partial charge in [0, 0.05) is 34.8 Å². The summed E-state index contributed by atoms with van der Waals surface area (Å²) in [7, 11) is 0. The highest BCUT2D eigenvalue weighted by Gasteiger charge is 2.14. The first-order valence-electron chi connectivity index (χ1n) is 8.46. The average molecular weight is 452 g/mol. The van der Waals surface area contributed by atoms with Gasteiger partial charge in [0.2, 0.25) is 0 Å². The predicted octanol–water partition coefficient (Wildman–Crippen LogP) is 4.84. The molecule has 29 heavy (non-hydrogen) atoms. The Morgan fingerprint density at radius 2 is 1.97 bits per heavy atom. The molecule has 0 aliphatic heterocycles. The molecule has 0 atom stereocenters. The van der Waals surface area contributed by atoms with Gasteiger partial charge in [0.15, 0.2) is 0 Å². The van der Waals surface area contributed by atoms with Gasteiger partial charge in [-0.3, -0.25) is 14.9 Å². The third-order valence-electron chi connectivity index (χ3n) is 4.00. The average Bonchev–Trinajstić information content (AvgIpc) is 3.19. The maximum atomic E-state index is 12.3. The van der Waals surface area contributed by atoms with E-state index >= 15 is 0 Å². The second kappa shape index (κ2) is 8.99. The van der Waals surface area contributed by atoms with E-state index in [0.717, 1.165) is 5.56 Å². The Kier molecular flexibility index (Phi) is 6.22. The fraction of sp³-hybridized carbons (Fsp3) is 0.0476. The number of nitriles is 1. The maximum absolute atomic E-state index is 12.3. The second-order valence-corrected chi connectivity index (χ2v) is 6.82. The molecule has 8 heteroatoms. The molecule has 2 aromatic carbocycles. The van der Waals surface area contributed by atoms with Gasteiger partial charge in [-0.15, -0.1) is 0 Å². The molecular formula is C21H14BrN3O4. The first-order chi connectivity index (χ1) is 14.0. The number of benzene rings is 2. The smallest absolute Gasteiger partial charge is 0.270 e. The summed E-state index contributed by atoms with van der Waals surface area (Å²) in [4.78, 5) is 22.6. The summed E-state index contributed by atoms with van der Waals surface area (Å²) in [5, 5.41) is 22.9. The number of nitrogens with one attached hydrogen (secondary N) is 1. The van der Waals surface area contributed by atoms with Crippen LogP contribution in [-0.2, 0) is 11.3 Å². The Balaban J connectivity index is 1.76. The van der Waals surface area contributed by atoms with Crippen molar-refractivity contribution in [1.29, 1.82) is 5.26 Å². The lowest BCUT2D eigenvalue weighted by molar-refractivity contribution is -0.384. The van der Waals surface area contributed by atoms with E-state index < -0.39 is 10.8 Å². The molecule has 0 aliphatic rings. The molecule has 0 saturated carbocycles. The van der Waals surface area contributed by atoms with E-state index in [9.17, 15) is 20.2 Å². The molecule has 144 valence electrons. The van der Waals surface area contributed by atoms with Crippen molar-refractivity contribution in [2.75, 3.05) is 0 Å². The zero-order valence-corrected chi connectivity index (χ0v) is 16.5. The Hall–Kier alpha value is -3.70. The van der Waals surface area contributed by atoms with E-state index in [2.05, 4.69) is 21.2 Å². The highest BCUT2D eigenvalue weighted by molar-refractivity contribution is 9.10. The minimum absolute atomic E-state index is 0.0471. The molecule has 3 aromatic rings. The molecule has 0 fully saturated rings. The van der Waals surface area contributed by atoms with Crippen molar-refractivity contribution in [2.24, 2.45) is 0 Å². The Labute approximate surface area is 174 Å². The highest BCUT2D eigenvalue weighted by atomic mass is 79.9. The minimum Gasteiger partial charge on any atom is -0.457 e. The molecular weight excluding hydrogens is 438 g/mol. The summed E-state index contributed by atoms with van der Waals surface area (Å²) in [5.41, 5.74) is 1.39. The molecule has 1 N–H and O–H groups in total. The highest BCUT2D eigenvalue weighted by Crippen LogP contribution is 2.32. The summed E-state index contributed by atoms with van der Waals surface area (Å²) in [6.07, 6.45) is 1.35. The van der Waals surface area contributed by atoms with Crippen LogP contribution in [0.3, 0.4) is 0 Å². The van der Waals surface area contributed by atoms with Crippen LogP contribution in [-0.4, -0.2) is 10.8 Å². The summed E-state index contributed by atoms with van der Waals surface area (Å²) >= 11 is 3.30. The zero-order valence-electron chi connectivity index (χ0n) is 15.0. The second-order valence-electron chi connectivity index (χ2n) is 5.96. The standard InChI is InChI=1S/C21H14BrN3O4/c22-19-11-16(25(27)28)6-8-18(19)20-9-7-17(29-20)10-15(12-23)21(26)24-13-14-4-2-1-3-5-14/h1-11H,13H2,(H,24,26)/b15-10-. The SMILES string of the molecule is N#C/C(=C/c1ccc(-c2ccc([N+](=O)[O-])cc2Br)o1)C(=O)NCc1ccccc1. The van der Waals surface area contributed by atoms with Crippen molar-refractivity contribution in [3.63, 3.8) is 0 Å². The van der Waals surface area contributed by atoms with Gasteiger partial charge in [-0.2, -0.15) is 5.26 Å². The molecule has 0 aliphatic carbocycles. The summed E-state index contributed by atoms with van der Waals surface area (Å²) in [5.74, 6) is 0.252. The van der Waals surface area contributed by atoms with Gasteiger partial charge in [0.05, 0.1) is 4.92 Å². The van der Waals surface area contributed by atoms with Crippen LogP contribution in [0.5, 0.6) is 0 Å². The number of non-ortho nitro benzene ring substituents is 1. The zero-order chi connectivity index (χ0) is 20.8. The Bertz CT molecular complexity index is 1130. The first-order valence-corrected chi connectivity index (χ1v) is 9.25. The predicted molar refractivity (Wildman–Crippen MR) is 110 cm³/mol. The van der Waals surface area contributed by atoms with Crippen molar-refractivity contribution < 1.29 is 14.1 Å². The molecule has 0 radical (unpaired) electrons. The van der Waals surface area contributed by atoms with E-state index in [0.29, 0.717) is 28.1 Å². The van der Waals surface area contributed by atoms with Crippen LogP contribution < -0.4 is 5.32 Å². The molecule has 7 nitrogen and oxygen atoms in total. The number of hydrogen-bond acceptors (Lipinski definition) is 5. The van der Waals surface area contributed by atoms with Crippen LogP contribution in [0.2, 0.25) is 0 Å². The third-order valence-corrected chi connectivity index (χ3v) is 4.66. The van der Waals surface area contributed by atoms with Gasteiger partial charge in [-0.25, -0.2) is 0 Å². The van der Waals surface area contributed by atoms with E-state index in [-0.39, 0.29) is 11.3 Å². The van der Waals surface area contributed by atoms with E-state index in [4.69, 9.17) is 4.42 Å². The first kappa shape index (κ1) is 20.0. The minimum atomic E-state index is -0.509. The lowest BCUT2D eigenvalue weighted by atomic mass is 10.1. The Morgan fingerprint density at radius 1 is 1.21 bits per heavy atom. The fourth-order valence-electron chi connectivity index (χ4n) is 2.56. The van der Waals surface area contributed by atoms with Crippen LogP contribution in [0.25, 0.3) is 17.4 Å². The number of furan rings is 1. The number of amides is 1. The normalized spacial score (nSPS) is 11.0. The van der Waals surface area contributed by atoms with Crippen molar-refractivity contribution >= 4 is 33.6 Å². The number of nitro groups is 1. The van der Waals surface area contributed by atoms with Crippen LogP contribution in [0.1, 0.15) is 11.3 Å². The van der Waals surface area contributed by atoms with Gasteiger partial charge >= 0.3 is 0 Å². The van der Waals surface area contributed by atoms with Gasteiger partial charge in [-0.1, -0.05) is 30.3 Å². The maximum Gasteiger partial charge on any atom is 0.270 e. The molecule has 1 amide bonds. The number of hydrogen-bond donors (Lipinski definition) is 1. The van der Waals surface area contributed by atoms with Crippen molar-refractivity contribution in [3.8, 4) is 17.4 Å². The van der Waals surface area contributed by atoms with Crippen molar-refractivity contribution in [1.82, 2.24) is 5.32 Å². The molecule has 1 heterocycles. The van der Waals surface area contributed by atoms with Crippen LogP contribution >= 0.6 is 15.9 Å². The van der Waals surface area contributed by atoms with Gasteiger partial charge < -0.3 is 9.73 Å². The van der Waals surface area contributed by atoms with Gasteiger partial charge in [0.25, 0.3) is 11.6 Å². The van der Waals surface area contributed by atoms with E-state index in [1.54, 1.807) is 18.2 Å². The monoisotopic (exact) mass is 451 g/mol. The van der Waals surface area contributed by atoms with Gasteiger partial charge in [-0.05, 0) is 39.7 Å². The summed E-state index contributed by atoms with van der Waals surface area (Å²) in [6, 6.07) is 18.8. The number of nitrogens with zero attached hydrogens (tertiary/aromatic N) is 2. The summed E-state index contributed by atoms with van der Waals surface area (Å²) < 4.78 is 6.19. The number of carbonyl (C=O) groups is 1. The fourth-order valence-corrected chi connectivity index (χ4v) is 3.12. The van der Waals surface area contributed by atoms with Crippen molar-refractivity contribution in [3.05, 3.63) is 92.1 Å². The largest absolute Gasteiger partial charge is 0.457 e. The quantitative estimate of drug-likeness (QED) is 0.249. The van der Waals surface area contributed by atoms with E-state index in [1.165, 1.54) is 18.2 Å². The molecule has 3 rings (SSSR count). The lowest BCUT2D eigenvalue weighted by Gasteiger charge is -2.04. The lowest BCUT2D eigenvalue weighted by Crippen LogP contribution is -2.23. The Morgan fingerprint density at radius 3 is 2.62 bits per heavy atom. The van der Waals surface area contributed by atoms with Crippen molar-refractivity contribution in [2.45, 2.75) is 6.54 Å². The number of halogens is 1. The molecule has 0 spiro atoms.